The topological polar surface area (TPSA) is 79.5 Å². The lowest BCUT2D eigenvalue weighted by Crippen LogP contribution is -2.47. The zero-order valence-corrected chi connectivity index (χ0v) is 16.0. The van der Waals surface area contributed by atoms with Gasteiger partial charge in [0.2, 0.25) is 0 Å². The molecule has 0 radical (unpaired) electrons. The van der Waals surface area contributed by atoms with Crippen molar-refractivity contribution in [2.75, 3.05) is 25.2 Å². The van der Waals surface area contributed by atoms with E-state index in [-0.39, 0.29) is 35.5 Å². The Morgan fingerprint density at radius 3 is 2.96 bits per heavy atom. The molecule has 25 heavy (non-hydrogen) atoms. The summed E-state index contributed by atoms with van der Waals surface area (Å²) in [5, 5.41) is 0.520. The fourth-order valence-electron chi connectivity index (χ4n) is 2.86. The highest BCUT2D eigenvalue weighted by atomic mass is 79.9. The van der Waals surface area contributed by atoms with Crippen molar-refractivity contribution in [3.8, 4) is 0 Å². The van der Waals surface area contributed by atoms with Crippen LogP contribution in [0.5, 0.6) is 0 Å². The molecule has 2 heterocycles. The standard InChI is InChI=1S/C17H17BrN2O4S/c1-24-16(22)7-11-9-25-5-4-20(11)17(23)14-8-15(21)12-6-10(18)2-3-13(12)19-14/h2-3,6,8,11H,4-5,7,9H2,1H3,(H,19,21)/t11-/m0/s1. The first-order chi connectivity index (χ1) is 12.0. The van der Waals surface area contributed by atoms with Gasteiger partial charge in [0.25, 0.3) is 5.91 Å². The third-order valence-corrected chi connectivity index (χ3v) is 5.73. The molecule has 8 heteroatoms. The number of nitrogens with one attached hydrogen (secondary N) is 1. The molecule has 0 aliphatic carbocycles. The summed E-state index contributed by atoms with van der Waals surface area (Å²) in [4.78, 5) is 41.6. The number of amides is 1. The minimum absolute atomic E-state index is 0.153. The van der Waals surface area contributed by atoms with Crippen molar-refractivity contribution < 1.29 is 14.3 Å². The lowest BCUT2D eigenvalue weighted by molar-refractivity contribution is -0.141. The van der Waals surface area contributed by atoms with E-state index in [0.717, 1.165) is 10.2 Å². The van der Waals surface area contributed by atoms with Crippen molar-refractivity contribution in [1.82, 2.24) is 9.88 Å². The van der Waals surface area contributed by atoms with E-state index < -0.39 is 0 Å². The quantitative estimate of drug-likeness (QED) is 0.765. The van der Waals surface area contributed by atoms with Crippen molar-refractivity contribution in [2.45, 2.75) is 12.5 Å². The van der Waals surface area contributed by atoms with Crippen molar-refractivity contribution >= 4 is 50.5 Å². The maximum absolute atomic E-state index is 12.9. The number of halogens is 1. The number of nitrogens with zero attached hydrogens (tertiary/aromatic N) is 1. The Bertz CT molecular complexity index is 883. The minimum Gasteiger partial charge on any atom is -0.469 e. The van der Waals surface area contributed by atoms with Crippen LogP contribution in [0.15, 0.2) is 33.5 Å². The molecule has 0 spiro atoms. The summed E-state index contributed by atoms with van der Waals surface area (Å²) >= 11 is 5.04. The molecule has 1 aliphatic heterocycles. The zero-order chi connectivity index (χ0) is 18.0. The fraction of sp³-hybridized carbons (Fsp3) is 0.353. The number of hydrogen-bond acceptors (Lipinski definition) is 5. The van der Waals surface area contributed by atoms with Crippen molar-refractivity contribution in [1.29, 1.82) is 0 Å². The zero-order valence-electron chi connectivity index (χ0n) is 13.6. The molecular weight excluding hydrogens is 408 g/mol. The molecule has 0 saturated carbocycles. The number of carbonyl (C=O) groups is 2. The number of hydrogen-bond donors (Lipinski definition) is 1. The molecule has 1 atom stereocenters. The maximum Gasteiger partial charge on any atom is 0.307 e. The highest BCUT2D eigenvalue weighted by Gasteiger charge is 2.30. The number of ether oxygens (including phenoxy) is 1. The number of fused-ring (bicyclic) bond motifs is 1. The van der Waals surface area contributed by atoms with Gasteiger partial charge in [-0.1, -0.05) is 15.9 Å². The van der Waals surface area contributed by atoms with Gasteiger partial charge in [0, 0.05) is 39.5 Å². The number of benzene rings is 1. The minimum atomic E-state index is -0.345. The van der Waals surface area contributed by atoms with Gasteiger partial charge in [-0.05, 0) is 18.2 Å². The number of esters is 1. The van der Waals surface area contributed by atoms with Crippen LogP contribution in [0.1, 0.15) is 16.9 Å². The van der Waals surface area contributed by atoms with Gasteiger partial charge in [0.05, 0.1) is 19.6 Å². The molecule has 1 aromatic carbocycles. The molecule has 6 nitrogen and oxygen atoms in total. The van der Waals surface area contributed by atoms with Crippen molar-refractivity contribution in [2.24, 2.45) is 0 Å². The van der Waals surface area contributed by atoms with Crippen LogP contribution in [0.2, 0.25) is 0 Å². The van der Waals surface area contributed by atoms with E-state index in [1.807, 2.05) is 6.07 Å². The SMILES string of the molecule is COC(=O)C[C@H]1CSCCN1C(=O)c1cc(=O)c2cc(Br)ccc2[nH]1. The number of pyridine rings is 1. The van der Waals surface area contributed by atoms with E-state index in [9.17, 15) is 14.4 Å². The van der Waals surface area contributed by atoms with Crippen LogP contribution in [0.4, 0.5) is 0 Å². The Morgan fingerprint density at radius 1 is 1.40 bits per heavy atom. The Hall–Kier alpha value is -1.80. The van der Waals surface area contributed by atoms with Crippen molar-refractivity contribution in [3.63, 3.8) is 0 Å². The monoisotopic (exact) mass is 424 g/mol. The van der Waals surface area contributed by atoms with Crippen LogP contribution < -0.4 is 5.43 Å². The molecule has 1 aliphatic rings. The molecule has 3 rings (SSSR count). The summed E-state index contributed by atoms with van der Waals surface area (Å²) in [5.74, 6) is 0.859. The van der Waals surface area contributed by atoms with Gasteiger partial charge < -0.3 is 14.6 Å². The maximum atomic E-state index is 12.9. The summed E-state index contributed by atoms with van der Waals surface area (Å²) in [6, 6.07) is 6.39. The molecule has 2 aromatic rings. The van der Waals surface area contributed by atoms with E-state index in [2.05, 4.69) is 20.9 Å². The number of carbonyl (C=O) groups excluding carboxylic acids is 2. The second-order valence-corrected chi connectivity index (χ2v) is 7.81. The average Bonchev–Trinajstić information content (AvgIpc) is 2.62. The van der Waals surface area contributed by atoms with Crippen LogP contribution >= 0.6 is 27.7 Å². The number of aromatic nitrogens is 1. The Balaban J connectivity index is 1.93. The predicted molar refractivity (Wildman–Crippen MR) is 101 cm³/mol. The first-order valence-electron chi connectivity index (χ1n) is 7.77. The fourth-order valence-corrected chi connectivity index (χ4v) is 4.28. The first-order valence-corrected chi connectivity index (χ1v) is 9.72. The molecule has 1 fully saturated rings. The number of methoxy groups -OCH3 is 1. The third kappa shape index (κ3) is 3.90. The molecule has 132 valence electrons. The van der Waals surface area contributed by atoms with Gasteiger partial charge in [-0.25, -0.2) is 0 Å². The Morgan fingerprint density at radius 2 is 2.20 bits per heavy atom. The average molecular weight is 425 g/mol. The lowest BCUT2D eigenvalue weighted by atomic mass is 10.1. The highest BCUT2D eigenvalue weighted by Crippen LogP contribution is 2.22. The smallest absolute Gasteiger partial charge is 0.307 e. The summed E-state index contributed by atoms with van der Waals surface area (Å²) < 4.78 is 5.53. The summed E-state index contributed by atoms with van der Waals surface area (Å²) in [7, 11) is 1.34. The van der Waals surface area contributed by atoms with Gasteiger partial charge in [0.15, 0.2) is 5.43 Å². The first kappa shape index (κ1) is 18.0. The third-order valence-electron chi connectivity index (χ3n) is 4.14. The molecule has 1 aromatic heterocycles. The van der Waals surface area contributed by atoms with E-state index in [1.54, 1.807) is 28.8 Å². The second kappa shape index (κ2) is 7.61. The molecule has 0 unspecified atom stereocenters. The van der Waals surface area contributed by atoms with E-state index in [4.69, 9.17) is 4.74 Å². The van der Waals surface area contributed by atoms with Gasteiger partial charge in [-0.3, -0.25) is 14.4 Å². The predicted octanol–water partition coefficient (Wildman–Crippen LogP) is 2.41. The largest absolute Gasteiger partial charge is 0.469 e. The lowest BCUT2D eigenvalue weighted by Gasteiger charge is -2.34. The number of aromatic amines is 1. The normalized spacial score (nSPS) is 17.5. The Labute approximate surface area is 157 Å². The van der Waals surface area contributed by atoms with Crippen LogP contribution in [-0.4, -0.2) is 53.0 Å². The van der Waals surface area contributed by atoms with Crippen LogP contribution in [0, 0.1) is 0 Å². The number of rotatable bonds is 3. The van der Waals surface area contributed by atoms with Gasteiger partial charge in [-0.15, -0.1) is 0 Å². The van der Waals surface area contributed by atoms with E-state index in [0.29, 0.717) is 23.2 Å². The molecule has 1 saturated heterocycles. The number of thioether (sulfide) groups is 1. The molecular formula is C17H17BrN2O4S. The van der Waals surface area contributed by atoms with Crippen molar-refractivity contribution in [3.05, 3.63) is 44.7 Å². The molecule has 1 N–H and O–H groups in total. The van der Waals surface area contributed by atoms with Gasteiger partial charge in [-0.2, -0.15) is 11.8 Å². The van der Waals surface area contributed by atoms with Crippen LogP contribution in [0.3, 0.4) is 0 Å². The molecule has 0 bridgehead atoms. The highest BCUT2D eigenvalue weighted by molar-refractivity contribution is 9.10. The molecule has 1 amide bonds. The second-order valence-electron chi connectivity index (χ2n) is 5.74. The van der Waals surface area contributed by atoms with E-state index >= 15 is 0 Å². The van der Waals surface area contributed by atoms with Gasteiger partial charge in [0.1, 0.15) is 5.69 Å². The van der Waals surface area contributed by atoms with Crippen LogP contribution in [0.25, 0.3) is 10.9 Å². The van der Waals surface area contributed by atoms with Crippen LogP contribution in [-0.2, 0) is 9.53 Å². The van der Waals surface area contributed by atoms with E-state index in [1.165, 1.54) is 13.2 Å². The summed E-state index contributed by atoms with van der Waals surface area (Å²) in [5.41, 5.74) is 0.630. The van der Waals surface area contributed by atoms with Gasteiger partial charge >= 0.3 is 5.97 Å². The summed E-state index contributed by atoms with van der Waals surface area (Å²) in [6.07, 6.45) is 0.153. The Kier molecular flexibility index (Phi) is 5.48. The number of H-pyrrole nitrogens is 1. The summed E-state index contributed by atoms with van der Waals surface area (Å²) in [6.45, 7) is 0.533.